The summed E-state index contributed by atoms with van der Waals surface area (Å²) in [6.07, 6.45) is 3.65. The van der Waals surface area contributed by atoms with Crippen molar-refractivity contribution in [2.75, 3.05) is 12.8 Å². The number of rotatable bonds is 6. The van der Waals surface area contributed by atoms with Crippen molar-refractivity contribution in [2.24, 2.45) is 0 Å². The summed E-state index contributed by atoms with van der Waals surface area (Å²) < 4.78 is 22.5. The van der Waals surface area contributed by atoms with Crippen LogP contribution in [0.25, 0.3) is 0 Å². The minimum absolute atomic E-state index is 0.0817. The maximum absolute atomic E-state index is 11.4. The van der Waals surface area contributed by atoms with E-state index in [9.17, 15) is 4.21 Å². The first-order valence-electron chi connectivity index (χ1n) is 7.70. The normalized spacial score (nSPS) is 22.3. The molecule has 1 N–H and O–H groups in total. The van der Waals surface area contributed by atoms with Gasteiger partial charge in [-0.05, 0) is 37.5 Å². The Kier molecular flexibility index (Phi) is 5.20. The van der Waals surface area contributed by atoms with Crippen molar-refractivity contribution in [3.05, 3.63) is 41.5 Å². The van der Waals surface area contributed by atoms with Crippen molar-refractivity contribution in [1.82, 2.24) is 15.5 Å². The summed E-state index contributed by atoms with van der Waals surface area (Å²) >= 11 is 0. The zero-order valence-electron chi connectivity index (χ0n) is 13.3. The Hall–Kier alpha value is -1.57. The minimum Gasteiger partial charge on any atom is -0.364 e. The predicted molar refractivity (Wildman–Crippen MR) is 86.4 cm³/mol. The number of nitrogens with one attached hydrogen (secondary N) is 1. The maximum atomic E-state index is 11.4. The van der Waals surface area contributed by atoms with E-state index in [0.29, 0.717) is 11.7 Å². The number of ether oxygens (including phenoxy) is 1. The smallest absolute Gasteiger partial charge is 0.255 e. The summed E-state index contributed by atoms with van der Waals surface area (Å²) in [4.78, 5) is 5.08. The Morgan fingerprint density at radius 1 is 1.30 bits per heavy atom. The molecule has 1 fully saturated rings. The number of aryl methyl sites for hydroxylation is 1. The van der Waals surface area contributed by atoms with Crippen LogP contribution in [0.3, 0.4) is 0 Å². The van der Waals surface area contributed by atoms with Gasteiger partial charge in [-0.15, -0.1) is 0 Å². The van der Waals surface area contributed by atoms with Gasteiger partial charge in [0.1, 0.15) is 6.10 Å². The van der Waals surface area contributed by atoms with Crippen LogP contribution in [0, 0.1) is 6.92 Å². The molecule has 0 bridgehead atoms. The van der Waals surface area contributed by atoms with Gasteiger partial charge in [0.2, 0.25) is 0 Å². The molecule has 1 unspecified atom stereocenters. The SMILES string of the molecule is Cc1noc([C@@H]2CC[C@H](CNCc3ccc(S(C)=O)cc3)O2)n1. The Balaban J connectivity index is 1.43. The van der Waals surface area contributed by atoms with Crippen LogP contribution in [-0.2, 0) is 22.1 Å². The summed E-state index contributed by atoms with van der Waals surface area (Å²) in [6, 6.07) is 7.83. The molecule has 1 aliphatic heterocycles. The third kappa shape index (κ3) is 4.25. The van der Waals surface area contributed by atoms with E-state index in [4.69, 9.17) is 9.26 Å². The highest BCUT2D eigenvalue weighted by atomic mass is 32.2. The quantitative estimate of drug-likeness (QED) is 0.871. The summed E-state index contributed by atoms with van der Waals surface area (Å²) in [5.41, 5.74) is 1.17. The number of benzene rings is 1. The molecule has 124 valence electrons. The first-order chi connectivity index (χ1) is 11.1. The van der Waals surface area contributed by atoms with Crippen molar-refractivity contribution in [2.45, 2.75) is 43.4 Å². The van der Waals surface area contributed by atoms with Gasteiger partial charge in [0.15, 0.2) is 5.82 Å². The largest absolute Gasteiger partial charge is 0.364 e. The van der Waals surface area contributed by atoms with E-state index in [-0.39, 0.29) is 12.2 Å². The van der Waals surface area contributed by atoms with Gasteiger partial charge in [-0.25, -0.2) is 0 Å². The lowest BCUT2D eigenvalue weighted by Gasteiger charge is -2.12. The van der Waals surface area contributed by atoms with E-state index in [2.05, 4.69) is 15.5 Å². The standard InChI is InChI=1S/C16H21N3O3S/c1-11-18-16(22-19-11)15-8-5-13(21-15)10-17-9-12-3-6-14(7-4-12)23(2)20/h3-4,6-7,13,15,17H,5,8-10H2,1-2H3/t13-,15+,23?/m1/s1. The molecule has 0 saturated carbocycles. The topological polar surface area (TPSA) is 77.2 Å². The van der Waals surface area contributed by atoms with Gasteiger partial charge in [-0.2, -0.15) is 4.98 Å². The van der Waals surface area contributed by atoms with Crippen molar-refractivity contribution < 1.29 is 13.5 Å². The number of hydrogen-bond donors (Lipinski definition) is 1. The van der Waals surface area contributed by atoms with E-state index in [1.54, 1.807) is 13.2 Å². The first kappa shape index (κ1) is 16.3. The summed E-state index contributed by atoms with van der Waals surface area (Å²) in [7, 11) is -0.926. The van der Waals surface area contributed by atoms with Crippen LogP contribution in [0.15, 0.2) is 33.7 Å². The molecule has 0 aliphatic carbocycles. The molecule has 0 amide bonds. The van der Waals surface area contributed by atoms with E-state index >= 15 is 0 Å². The zero-order valence-corrected chi connectivity index (χ0v) is 14.1. The monoisotopic (exact) mass is 335 g/mol. The van der Waals surface area contributed by atoms with Crippen LogP contribution >= 0.6 is 0 Å². The van der Waals surface area contributed by atoms with Crippen molar-refractivity contribution in [3.8, 4) is 0 Å². The van der Waals surface area contributed by atoms with Crippen LogP contribution in [0.1, 0.15) is 36.2 Å². The first-order valence-corrected chi connectivity index (χ1v) is 9.26. The number of aromatic nitrogens is 2. The second-order valence-corrected chi connectivity index (χ2v) is 7.11. The molecule has 1 aromatic heterocycles. The molecule has 23 heavy (non-hydrogen) atoms. The second kappa shape index (κ2) is 7.33. The van der Waals surface area contributed by atoms with Crippen molar-refractivity contribution >= 4 is 10.8 Å². The lowest BCUT2D eigenvalue weighted by molar-refractivity contribution is 0.0264. The van der Waals surface area contributed by atoms with Gasteiger partial charge in [0, 0.05) is 35.0 Å². The third-order valence-electron chi connectivity index (χ3n) is 3.88. The highest BCUT2D eigenvalue weighted by molar-refractivity contribution is 7.84. The predicted octanol–water partition coefficient (Wildman–Crippen LogP) is 2.13. The highest BCUT2D eigenvalue weighted by Crippen LogP contribution is 2.31. The minimum atomic E-state index is -0.926. The van der Waals surface area contributed by atoms with Crippen LogP contribution in [0.5, 0.6) is 0 Å². The Labute approximate surface area is 138 Å². The molecule has 3 rings (SSSR count). The Bertz CT molecular complexity index is 671. The van der Waals surface area contributed by atoms with E-state index in [1.807, 2.05) is 24.3 Å². The van der Waals surface area contributed by atoms with Crippen molar-refractivity contribution in [3.63, 3.8) is 0 Å². The Morgan fingerprint density at radius 2 is 2.09 bits per heavy atom. The fraction of sp³-hybridized carbons (Fsp3) is 0.500. The van der Waals surface area contributed by atoms with Crippen LogP contribution < -0.4 is 5.32 Å². The van der Waals surface area contributed by atoms with Gasteiger partial charge < -0.3 is 14.6 Å². The Morgan fingerprint density at radius 3 is 2.74 bits per heavy atom. The molecule has 1 aromatic carbocycles. The molecule has 6 nitrogen and oxygen atoms in total. The molecule has 2 heterocycles. The summed E-state index contributed by atoms with van der Waals surface area (Å²) in [5.74, 6) is 1.22. The fourth-order valence-corrected chi connectivity index (χ4v) is 3.18. The van der Waals surface area contributed by atoms with Gasteiger partial charge >= 0.3 is 0 Å². The molecular formula is C16H21N3O3S. The molecule has 1 saturated heterocycles. The second-order valence-electron chi connectivity index (χ2n) is 5.73. The van der Waals surface area contributed by atoms with Crippen LogP contribution in [0.2, 0.25) is 0 Å². The number of hydrogen-bond acceptors (Lipinski definition) is 6. The fourth-order valence-electron chi connectivity index (χ4n) is 2.66. The molecular weight excluding hydrogens is 314 g/mol. The lowest BCUT2D eigenvalue weighted by atomic mass is 10.2. The zero-order chi connectivity index (χ0) is 16.2. The average Bonchev–Trinajstić information content (AvgIpc) is 3.17. The van der Waals surface area contributed by atoms with Gasteiger partial charge in [-0.1, -0.05) is 17.3 Å². The van der Waals surface area contributed by atoms with Crippen molar-refractivity contribution in [1.29, 1.82) is 0 Å². The molecule has 2 aromatic rings. The van der Waals surface area contributed by atoms with Gasteiger partial charge in [-0.3, -0.25) is 4.21 Å². The maximum Gasteiger partial charge on any atom is 0.255 e. The molecule has 7 heteroatoms. The van der Waals surface area contributed by atoms with Crippen LogP contribution in [-0.4, -0.2) is 33.3 Å². The molecule has 1 aliphatic rings. The average molecular weight is 335 g/mol. The summed E-state index contributed by atoms with van der Waals surface area (Å²) in [5, 5.41) is 7.21. The lowest BCUT2D eigenvalue weighted by Crippen LogP contribution is -2.26. The van der Waals surface area contributed by atoms with E-state index in [0.717, 1.165) is 30.8 Å². The van der Waals surface area contributed by atoms with E-state index in [1.165, 1.54) is 5.56 Å². The molecule has 0 radical (unpaired) electrons. The van der Waals surface area contributed by atoms with Gasteiger partial charge in [0.05, 0.1) is 6.10 Å². The highest BCUT2D eigenvalue weighted by Gasteiger charge is 2.30. The van der Waals surface area contributed by atoms with E-state index < -0.39 is 10.8 Å². The molecule has 0 spiro atoms. The third-order valence-corrected chi connectivity index (χ3v) is 4.82. The van der Waals surface area contributed by atoms with Gasteiger partial charge in [0.25, 0.3) is 5.89 Å². The number of nitrogens with zero attached hydrogens (tertiary/aromatic N) is 2. The summed E-state index contributed by atoms with van der Waals surface area (Å²) in [6.45, 7) is 3.35. The van der Waals surface area contributed by atoms with Crippen LogP contribution in [0.4, 0.5) is 0 Å². The molecule has 3 atom stereocenters.